The molecule has 0 aliphatic carbocycles. The fraction of sp³-hybridized carbons (Fsp3) is 0. The van der Waals surface area contributed by atoms with E-state index in [1.807, 2.05) is 54.6 Å². The van der Waals surface area contributed by atoms with Gasteiger partial charge in [0.15, 0.2) is 11.6 Å². The van der Waals surface area contributed by atoms with Crippen LogP contribution in [0, 0.1) is 0 Å². The first kappa shape index (κ1) is 17.2. The van der Waals surface area contributed by atoms with Crippen molar-refractivity contribution in [3.8, 4) is 0 Å². The van der Waals surface area contributed by atoms with Crippen molar-refractivity contribution in [1.29, 1.82) is 0 Å². The van der Waals surface area contributed by atoms with Gasteiger partial charge in [0.2, 0.25) is 0 Å². The first-order valence-corrected chi connectivity index (χ1v) is 8.57. The maximum atomic E-state index is 4.02. The normalized spacial score (nSPS) is 10.7. The molecule has 2 aromatic heterocycles. The monoisotopic (exact) mass is 368 g/mol. The molecule has 0 aliphatic heterocycles. The molecule has 0 saturated heterocycles. The molecule has 0 saturated carbocycles. The number of nitrogens with one attached hydrogen (secondary N) is 2. The standard InChI is InChI=1S/C20H16N8/c1-2-5-15(6-3-1)9-10-16-7-4-8-17(23-18-11-13-21-27-25-18)20(16)24-19-12-14-22-28-26-19/h1-14H,(H,21,23,25)(H,22,24,26). The van der Waals surface area contributed by atoms with Gasteiger partial charge in [-0.2, -0.15) is 0 Å². The number of nitrogens with zero attached hydrogens (tertiary/aromatic N) is 6. The maximum Gasteiger partial charge on any atom is 0.156 e. The van der Waals surface area contributed by atoms with Gasteiger partial charge in [0.1, 0.15) is 0 Å². The Hall–Kier alpha value is -4.20. The van der Waals surface area contributed by atoms with Crippen molar-refractivity contribution in [3.63, 3.8) is 0 Å². The molecule has 8 heteroatoms. The van der Waals surface area contributed by atoms with Gasteiger partial charge in [0.05, 0.1) is 23.8 Å². The summed E-state index contributed by atoms with van der Waals surface area (Å²) in [5.41, 5.74) is 3.72. The summed E-state index contributed by atoms with van der Waals surface area (Å²) in [6.07, 6.45) is 7.25. The van der Waals surface area contributed by atoms with Crippen molar-refractivity contribution in [2.75, 3.05) is 10.6 Å². The average Bonchev–Trinajstić information content (AvgIpc) is 2.76. The lowest BCUT2D eigenvalue weighted by atomic mass is 10.1. The molecule has 0 fully saturated rings. The number of benzene rings is 2. The Morgan fingerprint density at radius 1 is 0.643 bits per heavy atom. The zero-order chi connectivity index (χ0) is 19.0. The molecule has 0 unspecified atom stereocenters. The molecule has 0 atom stereocenters. The van der Waals surface area contributed by atoms with Gasteiger partial charge in [-0.15, -0.1) is 20.4 Å². The Bertz CT molecular complexity index is 1050. The van der Waals surface area contributed by atoms with E-state index in [0.29, 0.717) is 11.6 Å². The van der Waals surface area contributed by atoms with Crippen LogP contribution >= 0.6 is 0 Å². The van der Waals surface area contributed by atoms with Crippen LogP contribution in [0.3, 0.4) is 0 Å². The van der Waals surface area contributed by atoms with Gasteiger partial charge in [-0.05, 0) is 22.1 Å². The topological polar surface area (TPSA) is 101 Å². The number of hydrogen-bond acceptors (Lipinski definition) is 8. The largest absolute Gasteiger partial charge is 0.337 e. The fourth-order valence-electron chi connectivity index (χ4n) is 2.58. The summed E-state index contributed by atoms with van der Waals surface area (Å²) in [5.74, 6) is 1.17. The average molecular weight is 368 g/mol. The van der Waals surface area contributed by atoms with Crippen molar-refractivity contribution in [2.45, 2.75) is 0 Å². The molecular formula is C20H16N8. The Balaban J connectivity index is 1.72. The number of rotatable bonds is 6. The predicted octanol–water partition coefficient (Wildman–Crippen LogP) is 3.71. The summed E-state index contributed by atoms with van der Waals surface area (Å²) < 4.78 is 0. The minimum Gasteiger partial charge on any atom is -0.337 e. The van der Waals surface area contributed by atoms with Gasteiger partial charge in [-0.25, -0.2) is 0 Å². The van der Waals surface area contributed by atoms with Gasteiger partial charge < -0.3 is 10.6 Å². The van der Waals surface area contributed by atoms with Gasteiger partial charge in [0.25, 0.3) is 0 Å². The van der Waals surface area contributed by atoms with Crippen molar-refractivity contribution < 1.29 is 0 Å². The third-order valence-corrected chi connectivity index (χ3v) is 3.87. The molecule has 0 amide bonds. The highest BCUT2D eigenvalue weighted by Gasteiger charge is 2.09. The molecule has 4 aromatic rings. The molecule has 136 valence electrons. The first-order valence-electron chi connectivity index (χ1n) is 8.57. The summed E-state index contributed by atoms with van der Waals surface area (Å²) in [7, 11) is 0. The lowest BCUT2D eigenvalue weighted by molar-refractivity contribution is 0.869. The van der Waals surface area contributed by atoms with Crippen molar-refractivity contribution >= 4 is 35.2 Å². The molecule has 2 aromatic carbocycles. The Morgan fingerprint density at radius 2 is 1.36 bits per heavy atom. The fourth-order valence-corrected chi connectivity index (χ4v) is 2.58. The second-order valence-corrected chi connectivity index (χ2v) is 5.78. The number of hydrogen-bond donors (Lipinski definition) is 2. The van der Waals surface area contributed by atoms with Crippen LogP contribution in [0.15, 0.2) is 73.1 Å². The first-order chi connectivity index (χ1) is 13.9. The Labute approximate surface area is 161 Å². The van der Waals surface area contributed by atoms with Crippen molar-refractivity contribution in [3.05, 3.63) is 84.2 Å². The van der Waals surface area contributed by atoms with Crippen LogP contribution in [0.5, 0.6) is 0 Å². The van der Waals surface area contributed by atoms with Crippen LogP contribution in [-0.4, -0.2) is 30.8 Å². The van der Waals surface area contributed by atoms with E-state index in [1.54, 1.807) is 24.5 Å². The molecule has 0 aliphatic rings. The van der Waals surface area contributed by atoms with E-state index in [2.05, 4.69) is 47.5 Å². The molecule has 0 bridgehead atoms. The van der Waals surface area contributed by atoms with Gasteiger partial charge in [0, 0.05) is 17.7 Å². The highest BCUT2D eigenvalue weighted by Crippen LogP contribution is 2.32. The SMILES string of the molecule is C(=Cc1cccc(Nc2ccnnn2)c1Nc1ccnnn1)c1ccccc1. The lowest BCUT2D eigenvalue weighted by Gasteiger charge is -2.15. The van der Waals surface area contributed by atoms with Crippen LogP contribution < -0.4 is 10.6 Å². The van der Waals surface area contributed by atoms with Crippen LogP contribution in [0.4, 0.5) is 23.0 Å². The van der Waals surface area contributed by atoms with Gasteiger partial charge >= 0.3 is 0 Å². The summed E-state index contributed by atoms with van der Waals surface area (Å²) in [6, 6.07) is 19.5. The molecule has 2 heterocycles. The second-order valence-electron chi connectivity index (χ2n) is 5.78. The molecule has 0 spiro atoms. The van der Waals surface area contributed by atoms with E-state index in [1.165, 1.54) is 0 Å². The van der Waals surface area contributed by atoms with E-state index in [-0.39, 0.29) is 0 Å². The molecule has 28 heavy (non-hydrogen) atoms. The van der Waals surface area contributed by atoms with Crippen molar-refractivity contribution in [1.82, 2.24) is 30.8 Å². The highest BCUT2D eigenvalue weighted by molar-refractivity contribution is 5.87. The molecular weight excluding hydrogens is 352 g/mol. The van der Waals surface area contributed by atoms with Crippen LogP contribution in [-0.2, 0) is 0 Å². The molecule has 4 rings (SSSR count). The van der Waals surface area contributed by atoms with Crippen LogP contribution in [0.25, 0.3) is 12.2 Å². The smallest absolute Gasteiger partial charge is 0.156 e. The maximum absolute atomic E-state index is 4.02. The summed E-state index contributed by atoms with van der Waals surface area (Å²) in [5, 5.41) is 29.3. The second kappa shape index (κ2) is 8.45. The Morgan fingerprint density at radius 3 is 2.04 bits per heavy atom. The van der Waals surface area contributed by atoms with Crippen LogP contribution in [0.2, 0.25) is 0 Å². The Kier molecular flexibility index (Phi) is 5.20. The predicted molar refractivity (Wildman–Crippen MR) is 108 cm³/mol. The minimum absolute atomic E-state index is 0.583. The van der Waals surface area contributed by atoms with E-state index in [9.17, 15) is 0 Å². The third-order valence-electron chi connectivity index (χ3n) is 3.87. The summed E-state index contributed by atoms with van der Waals surface area (Å²) in [4.78, 5) is 0. The van der Waals surface area contributed by atoms with E-state index >= 15 is 0 Å². The number of anilines is 4. The lowest BCUT2D eigenvalue weighted by Crippen LogP contribution is -2.03. The van der Waals surface area contributed by atoms with Crippen LogP contribution in [0.1, 0.15) is 11.1 Å². The summed E-state index contributed by atoms with van der Waals surface area (Å²) >= 11 is 0. The van der Waals surface area contributed by atoms with Gasteiger partial charge in [-0.1, -0.05) is 54.6 Å². The quantitative estimate of drug-likeness (QED) is 0.497. The highest BCUT2D eigenvalue weighted by atomic mass is 15.3. The van der Waals surface area contributed by atoms with E-state index < -0.39 is 0 Å². The number of aromatic nitrogens is 6. The van der Waals surface area contributed by atoms with E-state index in [0.717, 1.165) is 22.5 Å². The number of para-hydroxylation sites is 1. The van der Waals surface area contributed by atoms with E-state index in [4.69, 9.17) is 0 Å². The zero-order valence-corrected chi connectivity index (χ0v) is 14.8. The minimum atomic E-state index is 0.583. The summed E-state index contributed by atoms with van der Waals surface area (Å²) in [6.45, 7) is 0. The molecule has 0 radical (unpaired) electrons. The molecule has 8 nitrogen and oxygen atoms in total. The molecule has 2 N–H and O–H groups in total. The third kappa shape index (κ3) is 4.31. The van der Waals surface area contributed by atoms with Crippen molar-refractivity contribution in [2.24, 2.45) is 0 Å². The zero-order valence-electron chi connectivity index (χ0n) is 14.8. The van der Waals surface area contributed by atoms with Gasteiger partial charge in [-0.3, -0.25) is 0 Å².